The summed E-state index contributed by atoms with van der Waals surface area (Å²) < 4.78 is 76.9. The second-order valence-corrected chi connectivity index (χ2v) is 8.26. The monoisotopic (exact) mass is 528 g/mol. The van der Waals surface area contributed by atoms with Crippen LogP contribution in [0, 0.1) is 5.92 Å². The molecule has 0 fully saturated rings. The molecule has 0 saturated carbocycles. The van der Waals surface area contributed by atoms with Crippen LogP contribution in [0.15, 0.2) is 24.3 Å². The highest BCUT2D eigenvalue weighted by Gasteiger charge is 2.59. The van der Waals surface area contributed by atoms with Gasteiger partial charge in [0.1, 0.15) is 12.4 Å². The molecule has 0 radical (unpaired) electrons. The van der Waals surface area contributed by atoms with Gasteiger partial charge in [-0.15, -0.1) is 0 Å². The molecule has 0 aromatic heterocycles. The van der Waals surface area contributed by atoms with Gasteiger partial charge in [0, 0.05) is 26.1 Å². The lowest BCUT2D eigenvalue weighted by Crippen LogP contribution is -2.44. The summed E-state index contributed by atoms with van der Waals surface area (Å²) in [7, 11) is 0. The van der Waals surface area contributed by atoms with Gasteiger partial charge in [-0.25, -0.2) is 9.59 Å². The van der Waals surface area contributed by atoms with E-state index in [4.69, 9.17) is 9.47 Å². The summed E-state index contributed by atoms with van der Waals surface area (Å²) in [5.41, 5.74) is 0.716. The van der Waals surface area contributed by atoms with E-state index in [1.165, 1.54) is 4.90 Å². The first-order valence-electron chi connectivity index (χ1n) is 11.4. The van der Waals surface area contributed by atoms with E-state index >= 15 is 0 Å². The number of benzene rings is 1. The van der Waals surface area contributed by atoms with Crippen molar-refractivity contribution in [1.82, 2.24) is 10.2 Å². The lowest BCUT2D eigenvalue weighted by Gasteiger charge is -2.25. The van der Waals surface area contributed by atoms with Gasteiger partial charge in [-0.05, 0) is 37.0 Å². The maximum Gasteiger partial charge on any atom is 0.482 e. The maximum absolute atomic E-state index is 12.9. The van der Waals surface area contributed by atoms with Crippen LogP contribution < -0.4 is 10.1 Å². The number of carboxylic acid groups (broad SMARTS) is 1. The molecule has 2 amide bonds. The molecule has 0 saturated heterocycles. The molecular weight excluding hydrogens is 495 g/mol. The summed E-state index contributed by atoms with van der Waals surface area (Å²) in [5, 5.41) is 11.8. The van der Waals surface area contributed by atoms with E-state index in [1.54, 1.807) is 31.2 Å². The molecule has 1 unspecified atom stereocenters. The van der Waals surface area contributed by atoms with Crippen molar-refractivity contribution in [3.63, 3.8) is 0 Å². The average Bonchev–Trinajstić information content (AvgIpc) is 2.78. The first kappa shape index (κ1) is 31.4. The normalized spacial score (nSPS) is 12.9. The number of halogens is 5. The van der Waals surface area contributed by atoms with Crippen molar-refractivity contribution in [1.29, 1.82) is 0 Å². The molecule has 1 atom stereocenters. The molecule has 0 heterocycles. The standard InChI is InChI=1S/C23H33F5N2O6/c1-4-34-19(20(31)32)14-17-6-8-18(9-7-17)35-13-11-30(21(33)29-15-16(2)3)10-5-12-36-23(27,28)22(24,25)26/h6-9,16,19H,4-5,10-15H2,1-3H3,(H,29,33)(H,31,32). The Balaban J connectivity index is 2.63. The Hall–Kier alpha value is -2.67. The van der Waals surface area contributed by atoms with Crippen LogP contribution >= 0.6 is 0 Å². The van der Waals surface area contributed by atoms with Crippen LogP contribution in [0.3, 0.4) is 0 Å². The van der Waals surface area contributed by atoms with Crippen LogP contribution in [-0.4, -0.2) is 79.9 Å². The first-order chi connectivity index (χ1) is 16.8. The lowest BCUT2D eigenvalue weighted by molar-refractivity contribution is -0.391. The number of urea groups is 1. The largest absolute Gasteiger partial charge is 0.492 e. The van der Waals surface area contributed by atoms with Gasteiger partial charge in [-0.2, -0.15) is 22.0 Å². The van der Waals surface area contributed by atoms with Crippen LogP contribution in [0.2, 0.25) is 0 Å². The number of nitrogens with zero attached hydrogens (tertiary/aromatic N) is 1. The van der Waals surface area contributed by atoms with Crippen LogP contribution in [0.4, 0.5) is 26.7 Å². The number of hydrogen-bond donors (Lipinski definition) is 2. The van der Waals surface area contributed by atoms with Gasteiger partial charge in [0.05, 0.1) is 13.2 Å². The molecule has 1 aromatic rings. The number of aliphatic carboxylic acids is 1. The minimum absolute atomic E-state index is 0.0186. The molecule has 0 spiro atoms. The van der Waals surface area contributed by atoms with Crippen LogP contribution in [0.5, 0.6) is 5.75 Å². The Morgan fingerprint density at radius 2 is 1.69 bits per heavy atom. The molecule has 8 nitrogen and oxygen atoms in total. The first-order valence-corrected chi connectivity index (χ1v) is 11.4. The summed E-state index contributed by atoms with van der Waals surface area (Å²) >= 11 is 0. The number of carbonyl (C=O) groups is 2. The summed E-state index contributed by atoms with van der Waals surface area (Å²) in [6, 6.07) is 6.08. The molecular formula is C23H33F5N2O6. The van der Waals surface area contributed by atoms with Gasteiger partial charge in [-0.3, -0.25) is 0 Å². The predicted octanol–water partition coefficient (Wildman–Crippen LogP) is 4.33. The third kappa shape index (κ3) is 11.4. The zero-order valence-corrected chi connectivity index (χ0v) is 20.4. The van der Waals surface area contributed by atoms with Crippen molar-refractivity contribution in [2.75, 3.05) is 39.5 Å². The maximum atomic E-state index is 12.9. The Bertz CT molecular complexity index is 805. The van der Waals surface area contributed by atoms with E-state index in [-0.39, 0.29) is 45.1 Å². The fraction of sp³-hybridized carbons (Fsp3) is 0.652. The molecule has 0 aliphatic rings. The number of ether oxygens (including phenoxy) is 3. The van der Waals surface area contributed by atoms with Crippen molar-refractivity contribution in [3.05, 3.63) is 29.8 Å². The minimum atomic E-state index is -5.82. The highest BCUT2D eigenvalue weighted by atomic mass is 19.4. The molecule has 1 rings (SSSR count). The minimum Gasteiger partial charge on any atom is -0.492 e. The Morgan fingerprint density at radius 3 is 2.22 bits per heavy atom. The average molecular weight is 529 g/mol. The van der Waals surface area contributed by atoms with Crippen LogP contribution in [0.25, 0.3) is 0 Å². The summed E-state index contributed by atoms with van der Waals surface area (Å²) in [5.74, 6) is -0.485. The Kier molecular flexibility index (Phi) is 12.9. The molecule has 36 heavy (non-hydrogen) atoms. The van der Waals surface area contributed by atoms with E-state index in [2.05, 4.69) is 10.1 Å². The highest BCUT2D eigenvalue weighted by molar-refractivity contribution is 5.74. The quantitative estimate of drug-likeness (QED) is 0.245. The smallest absolute Gasteiger partial charge is 0.482 e. The zero-order chi connectivity index (χ0) is 27.4. The number of carboxylic acids is 1. The van der Waals surface area contributed by atoms with Gasteiger partial charge >= 0.3 is 24.3 Å². The number of carbonyl (C=O) groups excluding carboxylic acids is 1. The van der Waals surface area contributed by atoms with Crippen molar-refractivity contribution in [3.8, 4) is 5.75 Å². The van der Waals surface area contributed by atoms with E-state index in [1.807, 2.05) is 13.8 Å². The SMILES string of the molecule is CCOC(Cc1ccc(OCCN(CCCOC(F)(F)C(F)(F)F)C(=O)NCC(C)C)cc1)C(=O)O. The third-order valence-corrected chi connectivity index (χ3v) is 4.75. The topological polar surface area (TPSA) is 97.3 Å². The number of nitrogens with one attached hydrogen (secondary N) is 1. The van der Waals surface area contributed by atoms with Crippen molar-refractivity contribution in [2.45, 2.75) is 52.0 Å². The molecule has 0 aliphatic carbocycles. The Morgan fingerprint density at radius 1 is 1.06 bits per heavy atom. The number of hydrogen-bond acceptors (Lipinski definition) is 5. The number of alkyl halides is 5. The van der Waals surface area contributed by atoms with Crippen molar-refractivity contribution in [2.24, 2.45) is 5.92 Å². The van der Waals surface area contributed by atoms with Gasteiger partial charge in [0.15, 0.2) is 6.10 Å². The Labute approximate surface area is 206 Å². The van der Waals surface area contributed by atoms with Crippen LogP contribution in [-0.2, 0) is 20.7 Å². The predicted molar refractivity (Wildman–Crippen MR) is 120 cm³/mol. The summed E-state index contributed by atoms with van der Waals surface area (Å²) in [6.45, 7) is 5.07. The van der Waals surface area contributed by atoms with Gasteiger partial charge in [0.2, 0.25) is 0 Å². The molecule has 206 valence electrons. The highest BCUT2D eigenvalue weighted by Crippen LogP contribution is 2.36. The molecule has 0 bridgehead atoms. The third-order valence-electron chi connectivity index (χ3n) is 4.75. The van der Waals surface area contributed by atoms with Crippen molar-refractivity contribution < 1.29 is 50.9 Å². The fourth-order valence-corrected chi connectivity index (χ4v) is 2.88. The zero-order valence-electron chi connectivity index (χ0n) is 20.4. The molecule has 13 heteroatoms. The number of rotatable bonds is 16. The van der Waals surface area contributed by atoms with E-state index in [9.17, 15) is 36.6 Å². The van der Waals surface area contributed by atoms with Gasteiger partial charge in [0.25, 0.3) is 0 Å². The molecule has 2 N–H and O–H groups in total. The number of amides is 2. The van der Waals surface area contributed by atoms with E-state index < -0.39 is 37.0 Å². The van der Waals surface area contributed by atoms with Gasteiger partial charge < -0.3 is 29.5 Å². The van der Waals surface area contributed by atoms with Crippen molar-refractivity contribution >= 4 is 12.0 Å². The molecule has 0 aliphatic heterocycles. The summed E-state index contributed by atoms with van der Waals surface area (Å²) in [6.07, 6.45) is -12.1. The van der Waals surface area contributed by atoms with E-state index in [0.717, 1.165) is 0 Å². The summed E-state index contributed by atoms with van der Waals surface area (Å²) in [4.78, 5) is 24.9. The fourth-order valence-electron chi connectivity index (χ4n) is 2.88. The van der Waals surface area contributed by atoms with Gasteiger partial charge in [-0.1, -0.05) is 26.0 Å². The van der Waals surface area contributed by atoms with E-state index in [0.29, 0.717) is 17.9 Å². The lowest BCUT2D eigenvalue weighted by atomic mass is 10.1. The van der Waals surface area contributed by atoms with Crippen LogP contribution in [0.1, 0.15) is 32.8 Å². The molecule has 1 aromatic carbocycles. The second-order valence-electron chi connectivity index (χ2n) is 8.26. The second kappa shape index (κ2) is 14.8.